The first kappa shape index (κ1) is 12.5. The van der Waals surface area contributed by atoms with Gasteiger partial charge in [0.1, 0.15) is 0 Å². The van der Waals surface area contributed by atoms with Crippen molar-refractivity contribution in [3.8, 4) is 0 Å². The van der Waals surface area contributed by atoms with Crippen LogP contribution in [0.15, 0.2) is 36.9 Å². The molecule has 86 valence electrons. The summed E-state index contributed by atoms with van der Waals surface area (Å²) in [6.45, 7) is 5.53. The van der Waals surface area contributed by atoms with Crippen LogP contribution in [0.25, 0.3) is 5.57 Å². The van der Waals surface area contributed by atoms with Gasteiger partial charge in [0.15, 0.2) is 0 Å². The first-order valence-corrected chi connectivity index (χ1v) is 5.42. The molecule has 0 radical (unpaired) electrons. The number of carbonyl (C=O) groups excluding carboxylic acids is 1. The van der Waals surface area contributed by atoms with Gasteiger partial charge in [0.25, 0.3) is 0 Å². The van der Waals surface area contributed by atoms with Crippen LogP contribution in [-0.4, -0.2) is 19.0 Å². The highest BCUT2D eigenvalue weighted by atomic mass is 16.1. The van der Waals surface area contributed by atoms with Gasteiger partial charge in [-0.25, -0.2) is 0 Å². The van der Waals surface area contributed by atoms with Crippen molar-refractivity contribution in [3.05, 3.63) is 42.5 Å². The largest absolute Gasteiger partial charge is 0.370 e. The van der Waals surface area contributed by atoms with E-state index in [9.17, 15) is 4.79 Å². The third-order valence-electron chi connectivity index (χ3n) is 2.30. The maximum absolute atomic E-state index is 10.5. The summed E-state index contributed by atoms with van der Waals surface area (Å²) in [6.07, 6.45) is 1.21. The summed E-state index contributed by atoms with van der Waals surface area (Å²) >= 11 is 0. The van der Waals surface area contributed by atoms with Crippen LogP contribution in [0.4, 0.5) is 0 Å². The van der Waals surface area contributed by atoms with Crippen LogP contribution in [0.2, 0.25) is 0 Å². The molecule has 0 aliphatic heterocycles. The second-order valence-electron chi connectivity index (χ2n) is 3.72. The van der Waals surface area contributed by atoms with Crippen molar-refractivity contribution in [2.45, 2.75) is 12.8 Å². The fourth-order valence-electron chi connectivity index (χ4n) is 1.40. The third-order valence-corrected chi connectivity index (χ3v) is 2.30. The molecule has 0 aliphatic carbocycles. The van der Waals surface area contributed by atoms with Crippen molar-refractivity contribution in [1.82, 2.24) is 5.32 Å². The van der Waals surface area contributed by atoms with Crippen molar-refractivity contribution in [2.24, 2.45) is 5.73 Å². The van der Waals surface area contributed by atoms with E-state index in [1.54, 1.807) is 0 Å². The monoisotopic (exact) mass is 218 g/mol. The molecular weight excluding hydrogens is 200 g/mol. The smallest absolute Gasteiger partial charge is 0.217 e. The lowest BCUT2D eigenvalue weighted by molar-refractivity contribution is -0.118. The van der Waals surface area contributed by atoms with E-state index in [-0.39, 0.29) is 5.91 Å². The molecule has 0 fully saturated rings. The molecule has 0 unspecified atom stereocenters. The second kappa shape index (κ2) is 6.80. The lowest BCUT2D eigenvalue weighted by Crippen LogP contribution is -2.20. The van der Waals surface area contributed by atoms with Gasteiger partial charge in [-0.3, -0.25) is 4.79 Å². The summed E-state index contributed by atoms with van der Waals surface area (Å²) in [5.74, 6) is -0.247. The van der Waals surface area contributed by atoms with Gasteiger partial charge in [0, 0.05) is 13.0 Å². The highest BCUT2D eigenvalue weighted by Gasteiger charge is 1.98. The van der Waals surface area contributed by atoms with E-state index < -0.39 is 0 Å². The summed E-state index contributed by atoms with van der Waals surface area (Å²) in [7, 11) is 0. The number of nitrogens with two attached hydrogens (primary N) is 1. The maximum Gasteiger partial charge on any atom is 0.217 e. The lowest BCUT2D eigenvalue weighted by atomic mass is 10.1. The second-order valence-corrected chi connectivity index (χ2v) is 3.72. The number of hydrogen-bond donors (Lipinski definition) is 2. The molecule has 0 atom stereocenters. The molecule has 0 aromatic heterocycles. The molecule has 1 aromatic carbocycles. The minimum atomic E-state index is -0.247. The van der Waals surface area contributed by atoms with Crippen molar-refractivity contribution in [3.63, 3.8) is 0 Å². The third kappa shape index (κ3) is 4.75. The number of carbonyl (C=O) groups is 1. The number of rotatable bonds is 7. The number of amides is 1. The highest BCUT2D eigenvalue weighted by Crippen LogP contribution is 2.09. The van der Waals surface area contributed by atoms with Crippen LogP contribution in [0.5, 0.6) is 0 Å². The van der Waals surface area contributed by atoms with Gasteiger partial charge >= 0.3 is 0 Å². The fraction of sp³-hybridized carbons (Fsp3) is 0.308. The lowest BCUT2D eigenvalue weighted by Gasteiger charge is -2.07. The Balaban J connectivity index is 2.19. The molecule has 16 heavy (non-hydrogen) atoms. The van der Waals surface area contributed by atoms with E-state index in [0.717, 1.165) is 30.6 Å². The van der Waals surface area contributed by atoms with Gasteiger partial charge in [-0.2, -0.15) is 0 Å². The van der Waals surface area contributed by atoms with E-state index in [1.165, 1.54) is 0 Å². The Morgan fingerprint density at radius 3 is 2.62 bits per heavy atom. The standard InChI is InChI=1S/C13H18N2O/c1-11(12-6-3-2-4-7-12)10-15-9-5-8-13(14)16/h2-4,6-7,15H,1,5,8-10H2,(H2,14,16). The highest BCUT2D eigenvalue weighted by molar-refractivity contribution is 5.73. The Bertz CT molecular complexity index is 346. The summed E-state index contributed by atoms with van der Waals surface area (Å²) in [5, 5.41) is 3.23. The molecule has 0 saturated carbocycles. The van der Waals surface area contributed by atoms with E-state index in [2.05, 4.69) is 11.9 Å². The van der Waals surface area contributed by atoms with Crippen LogP contribution in [-0.2, 0) is 4.79 Å². The molecule has 1 amide bonds. The predicted molar refractivity (Wildman–Crippen MR) is 66.8 cm³/mol. The first-order chi connectivity index (χ1) is 7.70. The number of nitrogens with one attached hydrogen (secondary N) is 1. The van der Waals surface area contributed by atoms with Crippen LogP contribution in [0.1, 0.15) is 18.4 Å². The van der Waals surface area contributed by atoms with E-state index in [4.69, 9.17) is 5.73 Å². The minimum absolute atomic E-state index is 0.247. The van der Waals surface area contributed by atoms with Crippen LogP contribution in [0.3, 0.4) is 0 Å². The summed E-state index contributed by atoms with van der Waals surface area (Å²) < 4.78 is 0. The van der Waals surface area contributed by atoms with Crippen LogP contribution < -0.4 is 11.1 Å². The minimum Gasteiger partial charge on any atom is -0.370 e. The zero-order valence-corrected chi connectivity index (χ0v) is 9.41. The molecule has 0 heterocycles. The van der Waals surface area contributed by atoms with Gasteiger partial charge in [-0.15, -0.1) is 0 Å². The van der Waals surface area contributed by atoms with E-state index in [0.29, 0.717) is 6.42 Å². The average molecular weight is 218 g/mol. The zero-order chi connectivity index (χ0) is 11.8. The van der Waals surface area contributed by atoms with Gasteiger partial charge < -0.3 is 11.1 Å². The van der Waals surface area contributed by atoms with Crippen LogP contribution in [0, 0.1) is 0 Å². The molecular formula is C13H18N2O. The SMILES string of the molecule is C=C(CNCCCC(N)=O)c1ccccc1. The molecule has 1 rings (SSSR count). The van der Waals surface area contributed by atoms with Crippen molar-refractivity contribution in [2.75, 3.05) is 13.1 Å². The van der Waals surface area contributed by atoms with Crippen molar-refractivity contribution < 1.29 is 4.79 Å². The summed E-state index contributed by atoms with van der Waals surface area (Å²) in [5.41, 5.74) is 7.24. The number of hydrogen-bond acceptors (Lipinski definition) is 2. The Hall–Kier alpha value is -1.61. The Kier molecular flexibility index (Phi) is 5.29. The molecule has 1 aromatic rings. The maximum atomic E-state index is 10.5. The number of primary amides is 1. The molecule has 3 heteroatoms. The Labute approximate surface area is 96.3 Å². The molecule has 0 spiro atoms. The Morgan fingerprint density at radius 2 is 2.00 bits per heavy atom. The fourth-order valence-corrected chi connectivity index (χ4v) is 1.40. The summed E-state index contributed by atoms with van der Waals surface area (Å²) in [6, 6.07) is 10.0. The van der Waals surface area contributed by atoms with Crippen molar-refractivity contribution in [1.29, 1.82) is 0 Å². The topological polar surface area (TPSA) is 55.1 Å². The normalized spacial score (nSPS) is 10.0. The zero-order valence-electron chi connectivity index (χ0n) is 9.41. The predicted octanol–water partition coefficient (Wildman–Crippen LogP) is 1.55. The van der Waals surface area contributed by atoms with Crippen molar-refractivity contribution >= 4 is 11.5 Å². The van der Waals surface area contributed by atoms with Gasteiger partial charge in [0.2, 0.25) is 5.91 Å². The first-order valence-electron chi connectivity index (χ1n) is 5.42. The van der Waals surface area contributed by atoms with E-state index in [1.807, 2.05) is 30.3 Å². The van der Waals surface area contributed by atoms with Gasteiger partial charge in [0.05, 0.1) is 0 Å². The number of benzene rings is 1. The van der Waals surface area contributed by atoms with Gasteiger partial charge in [-0.1, -0.05) is 36.9 Å². The molecule has 3 nitrogen and oxygen atoms in total. The Morgan fingerprint density at radius 1 is 1.31 bits per heavy atom. The van der Waals surface area contributed by atoms with Gasteiger partial charge in [-0.05, 0) is 24.1 Å². The quantitative estimate of drug-likeness (QED) is 0.682. The molecule has 3 N–H and O–H groups in total. The molecule has 0 aliphatic rings. The summed E-state index contributed by atoms with van der Waals surface area (Å²) in [4.78, 5) is 10.5. The molecule has 0 bridgehead atoms. The van der Waals surface area contributed by atoms with E-state index >= 15 is 0 Å². The van der Waals surface area contributed by atoms with Crippen LogP contribution >= 0.6 is 0 Å². The average Bonchev–Trinajstić information content (AvgIpc) is 2.29. The molecule has 0 saturated heterocycles.